The van der Waals surface area contributed by atoms with Gasteiger partial charge in [-0.15, -0.1) is 0 Å². The Morgan fingerprint density at radius 2 is 1.69 bits per heavy atom. The Morgan fingerprint density at radius 3 is 2.35 bits per heavy atom. The van der Waals surface area contributed by atoms with E-state index in [2.05, 4.69) is 14.9 Å². The van der Waals surface area contributed by atoms with Crippen LogP contribution < -0.4 is 4.90 Å². The van der Waals surface area contributed by atoms with Gasteiger partial charge in [0.25, 0.3) is 11.8 Å². The van der Waals surface area contributed by atoms with Crippen molar-refractivity contribution in [3.8, 4) is 11.3 Å². The number of aromatic amines is 1. The molecule has 0 unspecified atom stereocenters. The molecule has 0 radical (unpaired) electrons. The number of hydrogen-bond donors (Lipinski definition) is 1. The highest BCUT2D eigenvalue weighted by Crippen LogP contribution is 2.30. The lowest BCUT2D eigenvalue weighted by Gasteiger charge is -2.14. The van der Waals surface area contributed by atoms with E-state index < -0.39 is 5.97 Å². The average Bonchev–Trinajstić information content (AvgIpc) is 3.26. The Morgan fingerprint density at radius 1 is 1.00 bits per heavy atom. The maximum absolute atomic E-state index is 12.6. The van der Waals surface area contributed by atoms with Crippen LogP contribution in [0.4, 0.5) is 5.69 Å². The molecule has 0 fully saturated rings. The monoisotopic (exact) mass is 347 g/mol. The summed E-state index contributed by atoms with van der Waals surface area (Å²) in [6.07, 6.45) is 0. The van der Waals surface area contributed by atoms with Crippen LogP contribution in [0.2, 0.25) is 0 Å². The fourth-order valence-electron chi connectivity index (χ4n) is 2.91. The molecule has 1 aromatic heterocycles. The first-order chi connectivity index (χ1) is 12.6. The van der Waals surface area contributed by atoms with Gasteiger partial charge >= 0.3 is 5.97 Å². The van der Waals surface area contributed by atoms with E-state index in [4.69, 9.17) is 0 Å². The van der Waals surface area contributed by atoms with Crippen molar-refractivity contribution in [1.29, 1.82) is 0 Å². The van der Waals surface area contributed by atoms with E-state index in [1.165, 1.54) is 7.11 Å². The SMILES string of the molecule is COC(=O)c1cc(-c2cccc(N3C(=O)c4ccccc4C3=O)c2)n[nH]1. The van der Waals surface area contributed by atoms with Crippen molar-refractivity contribution in [1.82, 2.24) is 10.2 Å². The average molecular weight is 347 g/mol. The molecule has 3 aromatic rings. The van der Waals surface area contributed by atoms with Crippen LogP contribution >= 0.6 is 0 Å². The number of carbonyl (C=O) groups excluding carboxylic acids is 3. The van der Waals surface area contributed by atoms with Gasteiger partial charge in [-0.2, -0.15) is 5.10 Å². The molecule has 1 aliphatic heterocycles. The van der Waals surface area contributed by atoms with E-state index in [1.54, 1.807) is 54.6 Å². The van der Waals surface area contributed by atoms with Crippen LogP contribution in [0.1, 0.15) is 31.2 Å². The molecule has 26 heavy (non-hydrogen) atoms. The lowest BCUT2D eigenvalue weighted by atomic mass is 10.1. The second-order valence-electron chi connectivity index (χ2n) is 5.70. The van der Waals surface area contributed by atoms with E-state index in [0.29, 0.717) is 28.1 Å². The molecule has 0 aliphatic carbocycles. The summed E-state index contributed by atoms with van der Waals surface area (Å²) in [6, 6.07) is 15.1. The molecule has 4 rings (SSSR count). The number of carbonyl (C=O) groups is 3. The number of methoxy groups -OCH3 is 1. The number of nitrogens with one attached hydrogen (secondary N) is 1. The van der Waals surface area contributed by atoms with Crippen LogP contribution in [-0.2, 0) is 4.74 Å². The Bertz CT molecular complexity index is 1020. The second kappa shape index (κ2) is 5.96. The number of fused-ring (bicyclic) bond motifs is 1. The zero-order chi connectivity index (χ0) is 18.3. The van der Waals surface area contributed by atoms with E-state index in [0.717, 1.165) is 4.90 Å². The Hall–Kier alpha value is -3.74. The van der Waals surface area contributed by atoms with Gasteiger partial charge in [-0.1, -0.05) is 24.3 Å². The zero-order valence-corrected chi connectivity index (χ0v) is 13.7. The topological polar surface area (TPSA) is 92.4 Å². The molecule has 2 heterocycles. The third kappa shape index (κ3) is 2.37. The molecule has 0 spiro atoms. The Labute approximate surface area is 148 Å². The highest BCUT2D eigenvalue weighted by atomic mass is 16.5. The first-order valence-corrected chi connectivity index (χ1v) is 7.82. The Kier molecular flexibility index (Phi) is 3.62. The third-order valence-electron chi connectivity index (χ3n) is 4.18. The molecule has 0 bridgehead atoms. The molecule has 0 atom stereocenters. The number of ether oxygens (including phenoxy) is 1. The molecular weight excluding hydrogens is 334 g/mol. The van der Waals surface area contributed by atoms with E-state index >= 15 is 0 Å². The van der Waals surface area contributed by atoms with E-state index in [1.807, 2.05) is 0 Å². The van der Waals surface area contributed by atoms with Gasteiger partial charge in [-0.3, -0.25) is 14.7 Å². The molecule has 0 saturated carbocycles. The number of benzene rings is 2. The summed E-state index contributed by atoms with van der Waals surface area (Å²) in [4.78, 5) is 37.9. The van der Waals surface area contributed by atoms with E-state index in [9.17, 15) is 14.4 Å². The summed E-state index contributed by atoms with van der Waals surface area (Å²) in [5.74, 6) is -1.25. The number of imide groups is 1. The van der Waals surface area contributed by atoms with Crippen LogP contribution in [0.5, 0.6) is 0 Å². The lowest BCUT2D eigenvalue weighted by molar-refractivity contribution is 0.0593. The highest BCUT2D eigenvalue weighted by Gasteiger charge is 2.36. The van der Waals surface area contributed by atoms with Gasteiger partial charge < -0.3 is 4.74 Å². The first kappa shape index (κ1) is 15.8. The molecule has 7 heteroatoms. The number of esters is 1. The van der Waals surface area contributed by atoms with Crippen molar-refractivity contribution in [2.24, 2.45) is 0 Å². The molecule has 0 saturated heterocycles. The molecule has 1 N–H and O–H groups in total. The summed E-state index contributed by atoms with van der Waals surface area (Å²) < 4.78 is 4.65. The van der Waals surface area contributed by atoms with Crippen LogP contribution in [0.3, 0.4) is 0 Å². The van der Waals surface area contributed by atoms with Crippen molar-refractivity contribution in [2.45, 2.75) is 0 Å². The first-order valence-electron chi connectivity index (χ1n) is 7.82. The summed E-state index contributed by atoms with van der Waals surface area (Å²) in [6.45, 7) is 0. The van der Waals surface area contributed by atoms with Crippen molar-refractivity contribution in [3.05, 3.63) is 71.4 Å². The quantitative estimate of drug-likeness (QED) is 0.581. The van der Waals surface area contributed by atoms with Gasteiger partial charge in [-0.25, -0.2) is 9.69 Å². The number of aromatic nitrogens is 2. The molecule has 2 aromatic carbocycles. The largest absolute Gasteiger partial charge is 0.464 e. The van der Waals surface area contributed by atoms with Crippen LogP contribution in [0.15, 0.2) is 54.6 Å². The number of anilines is 1. The lowest BCUT2D eigenvalue weighted by Crippen LogP contribution is -2.29. The van der Waals surface area contributed by atoms with Crippen molar-refractivity contribution in [3.63, 3.8) is 0 Å². The number of nitrogens with zero attached hydrogens (tertiary/aromatic N) is 2. The number of hydrogen-bond acceptors (Lipinski definition) is 5. The zero-order valence-electron chi connectivity index (χ0n) is 13.7. The fraction of sp³-hybridized carbons (Fsp3) is 0.0526. The van der Waals surface area contributed by atoms with Gasteiger partial charge in [0.05, 0.1) is 29.6 Å². The number of H-pyrrole nitrogens is 1. The maximum atomic E-state index is 12.6. The van der Waals surface area contributed by atoms with Gasteiger partial charge in [0.1, 0.15) is 5.69 Å². The minimum atomic E-state index is -0.528. The van der Waals surface area contributed by atoms with Gasteiger partial charge in [0.15, 0.2) is 0 Å². The summed E-state index contributed by atoms with van der Waals surface area (Å²) in [5.41, 5.74) is 2.59. The molecule has 2 amide bonds. The standard InChI is InChI=1S/C19H13N3O4/c1-26-19(25)16-10-15(20-21-16)11-5-4-6-12(9-11)22-17(23)13-7-2-3-8-14(13)18(22)24/h2-10H,1H3,(H,20,21). The minimum Gasteiger partial charge on any atom is -0.464 e. The summed E-state index contributed by atoms with van der Waals surface area (Å²) in [7, 11) is 1.28. The van der Waals surface area contributed by atoms with Crippen LogP contribution in [-0.4, -0.2) is 35.1 Å². The maximum Gasteiger partial charge on any atom is 0.356 e. The number of rotatable bonds is 3. The molecule has 128 valence electrons. The van der Waals surface area contributed by atoms with Crippen molar-refractivity contribution < 1.29 is 19.1 Å². The van der Waals surface area contributed by atoms with Crippen molar-refractivity contribution >= 4 is 23.5 Å². The number of amides is 2. The molecule has 1 aliphatic rings. The highest BCUT2D eigenvalue weighted by molar-refractivity contribution is 6.34. The van der Waals surface area contributed by atoms with Gasteiger partial charge in [0.2, 0.25) is 0 Å². The van der Waals surface area contributed by atoms with Crippen molar-refractivity contribution in [2.75, 3.05) is 12.0 Å². The third-order valence-corrected chi connectivity index (χ3v) is 4.18. The Balaban J connectivity index is 1.71. The normalized spacial score (nSPS) is 13.0. The predicted octanol–water partition coefficient (Wildman–Crippen LogP) is 2.66. The predicted molar refractivity (Wildman–Crippen MR) is 92.9 cm³/mol. The minimum absolute atomic E-state index is 0.216. The molecule has 7 nitrogen and oxygen atoms in total. The van der Waals surface area contributed by atoms with Crippen LogP contribution in [0.25, 0.3) is 11.3 Å². The van der Waals surface area contributed by atoms with E-state index in [-0.39, 0.29) is 17.5 Å². The second-order valence-corrected chi connectivity index (χ2v) is 5.70. The van der Waals surface area contributed by atoms with Crippen LogP contribution in [0, 0.1) is 0 Å². The fourth-order valence-corrected chi connectivity index (χ4v) is 2.91. The van der Waals surface area contributed by atoms with Gasteiger partial charge in [0, 0.05) is 5.56 Å². The summed E-state index contributed by atoms with van der Waals surface area (Å²) >= 11 is 0. The summed E-state index contributed by atoms with van der Waals surface area (Å²) in [5, 5.41) is 6.69. The van der Waals surface area contributed by atoms with Gasteiger partial charge in [-0.05, 0) is 30.3 Å². The molecular formula is C19H13N3O4. The smallest absolute Gasteiger partial charge is 0.356 e.